The summed E-state index contributed by atoms with van der Waals surface area (Å²) in [5.41, 5.74) is 6.68. The molecule has 0 saturated heterocycles. The fourth-order valence-electron chi connectivity index (χ4n) is 2.38. The molecule has 0 aliphatic rings. The summed E-state index contributed by atoms with van der Waals surface area (Å²) in [6.07, 6.45) is -0.295. The van der Waals surface area contributed by atoms with Crippen molar-refractivity contribution in [3.05, 3.63) is 78.1 Å². The minimum atomic E-state index is -0.295. The van der Waals surface area contributed by atoms with E-state index < -0.39 is 0 Å². The van der Waals surface area contributed by atoms with E-state index >= 15 is 0 Å². The van der Waals surface area contributed by atoms with Crippen molar-refractivity contribution in [2.24, 2.45) is 5.73 Å². The van der Waals surface area contributed by atoms with Gasteiger partial charge in [0.1, 0.15) is 17.7 Å². The second-order valence-electron chi connectivity index (χ2n) is 4.87. The van der Waals surface area contributed by atoms with Crippen molar-refractivity contribution in [3.63, 3.8) is 0 Å². The molecule has 3 aromatic rings. The van der Waals surface area contributed by atoms with Crippen LogP contribution >= 0.6 is 0 Å². The smallest absolute Gasteiger partial charge is 0.136 e. The highest BCUT2D eigenvalue weighted by Crippen LogP contribution is 2.29. The molecule has 3 aromatic carbocycles. The van der Waals surface area contributed by atoms with E-state index in [1.165, 1.54) is 12.1 Å². The van der Waals surface area contributed by atoms with E-state index in [2.05, 4.69) is 0 Å². The summed E-state index contributed by atoms with van der Waals surface area (Å²) in [5.74, 6) is 0.521. The lowest BCUT2D eigenvalue weighted by atomic mass is 10.1. The summed E-state index contributed by atoms with van der Waals surface area (Å²) in [7, 11) is 0. The van der Waals surface area contributed by atoms with Gasteiger partial charge in [0, 0.05) is 11.9 Å². The zero-order valence-corrected chi connectivity index (χ0v) is 11.5. The third-order valence-electron chi connectivity index (χ3n) is 3.47. The van der Waals surface area contributed by atoms with Crippen LogP contribution in [0.2, 0.25) is 0 Å². The molecule has 0 saturated carbocycles. The molecule has 0 aliphatic heterocycles. The van der Waals surface area contributed by atoms with Gasteiger partial charge < -0.3 is 10.5 Å². The number of benzene rings is 3. The first-order valence-electron chi connectivity index (χ1n) is 6.88. The van der Waals surface area contributed by atoms with Gasteiger partial charge in [-0.25, -0.2) is 4.39 Å². The van der Waals surface area contributed by atoms with Crippen molar-refractivity contribution in [2.45, 2.75) is 6.10 Å². The Balaban J connectivity index is 1.94. The summed E-state index contributed by atoms with van der Waals surface area (Å²) in [5, 5.41) is 2.16. The van der Waals surface area contributed by atoms with Gasteiger partial charge >= 0.3 is 0 Å². The monoisotopic (exact) mass is 281 g/mol. The minimum absolute atomic E-state index is 0.264. The van der Waals surface area contributed by atoms with Crippen LogP contribution in [-0.2, 0) is 0 Å². The number of fused-ring (bicyclic) bond motifs is 1. The van der Waals surface area contributed by atoms with E-state index in [-0.39, 0.29) is 11.9 Å². The van der Waals surface area contributed by atoms with Crippen molar-refractivity contribution in [3.8, 4) is 5.75 Å². The molecule has 21 heavy (non-hydrogen) atoms. The van der Waals surface area contributed by atoms with Crippen LogP contribution in [0, 0.1) is 5.82 Å². The number of halogens is 1. The molecular formula is C18H16FNO. The van der Waals surface area contributed by atoms with Gasteiger partial charge in [0.25, 0.3) is 0 Å². The Labute approximate surface area is 123 Å². The van der Waals surface area contributed by atoms with Crippen LogP contribution in [-0.4, -0.2) is 6.54 Å². The molecule has 0 bridgehead atoms. The lowest BCUT2D eigenvalue weighted by Crippen LogP contribution is -2.18. The third-order valence-corrected chi connectivity index (χ3v) is 3.47. The Kier molecular flexibility index (Phi) is 3.84. The van der Waals surface area contributed by atoms with Crippen LogP contribution in [0.4, 0.5) is 4.39 Å². The van der Waals surface area contributed by atoms with E-state index in [4.69, 9.17) is 10.5 Å². The summed E-state index contributed by atoms with van der Waals surface area (Å²) in [6.45, 7) is 0.328. The van der Waals surface area contributed by atoms with Crippen molar-refractivity contribution < 1.29 is 9.13 Å². The van der Waals surface area contributed by atoms with E-state index in [1.807, 2.05) is 42.5 Å². The normalized spacial score (nSPS) is 12.3. The summed E-state index contributed by atoms with van der Waals surface area (Å²) in [4.78, 5) is 0. The fourth-order valence-corrected chi connectivity index (χ4v) is 2.38. The Hall–Kier alpha value is -2.39. The quantitative estimate of drug-likeness (QED) is 0.782. The molecule has 1 unspecified atom stereocenters. The van der Waals surface area contributed by atoms with E-state index in [1.54, 1.807) is 12.1 Å². The molecule has 0 radical (unpaired) electrons. The Morgan fingerprint density at radius 3 is 2.38 bits per heavy atom. The van der Waals surface area contributed by atoms with Crippen molar-refractivity contribution in [1.82, 2.24) is 0 Å². The number of nitrogens with two attached hydrogens (primary N) is 1. The largest absolute Gasteiger partial charge is 0.484 e. The molecule has 0 spiro atoms. The highest BCUT2D eigenvalue weighted by molar-refractivity contribution is 5.88. The molecule has 1 atom stereocenters. The maximum atomic E-state index is 13.0. The maximum Gasteiger partial charge on any atom is 0.136 e. The molecule has 2 N–H and O–H groups in total. The van der Waals surface area contributed by atoms with Gasteiger partial charge in [-0.15, -0.1) is 0 Å². The Bertz CT molecular complexity index is 734. The van der Waals surface area contributed by atoms with Gasteiger partial charge in [0.2, 0.25) is 0 Å². The minimum Gasteiger partial charge on any atom is -0.484 e. The lowest BCUT2D eigenvalue weighted by Gasteiger charge is -2.19. The predicted molar refractivity (Wildman–Crippen MR) is 82.8 cm³/mol. The number of rotatable bonds is 4. The van der Waals surface area contributed by atoms with Gasteiger partial charge in [0.05, 0.1) is 0 Å². The zero-order valence-electron chi connectivity index (χ0n) is 11.5. The number of hydrogen-bond donors (Lipinski definition) is 1. The highest BCUT2D eigenvalue weighted by Gasteiger charge is 2.13. The van der Waals surface area contributed by atoms with E-state index in [9.17, 15) is 4.39 Å². The Morgan fingerprint density at radius 1 is 0.905 bits per heavy atom. The van der Waals surface area contributed by atoms with E-state index in [0.717, 1.165) is 22.1 Å². The molecular weight excluding hydrogens is 265 g/mol. The molecule has 3 heteroatoms. The van der Waals surface area contributed by atoms with Gasteiger partial charge in [0.15, 0.2) is 0 Å². The summed E-state index contributed by atoms with van der Waals surface area (Å²) < 4.78 is 19.1. The second-order valence-corrected chi connectivity index (χ2v) is 4.87. The standard InChI is InChI=1S/C18H16FNO/c19-15-10-8-14(9-11-15)18(12-20)21-17-7-3-5-13-4-1-2-6-16(13)17/h1-11,18H,12,20H2. The summed E-state index contributed by atoms with van der Waals surface area (Å²) >= 11 is 0. The van der Waals surface area contributed by atoms with Crippen LogP contribution in [0.1, 0.15) is 11.7 Å². The predicted octanol–water partition coefficient (Wildman–Crippen LogP) is 4.06. The summed E-state index contributed by atoms with van der Waals surface area (Å²) in [6, 6.07) is 20.2. The number of ether oxygens (including phenoxy) is 1. The molecule has 0 amide bonds. The van der Waals surface area contributed by atoms with Crippen molar-refractivity contribution in [2.75, 3.05) is 6.54 Å². The topological polar surface area (TPSA) is 35.2 Å². The molecule has 0 aromatic heterocycles. The van der Waals surface area contributed by atoms with Gasteiger partial charge in [-0.05, 0) is 29.1 Å². The average molecular weight is 281 g/mol. The SMILES string of the molecule is NCC(Oc1cccc2ccccc12)c1ccc(F)cc1. The average Bonchev–Trinajstić information content (AvgIpc) is 2.54. The first kappa shape index (κ1) is 13.6. The first-order valence-corrected chi connectivity index (χ1v) is 6.88. The van der Waals surface area contributed by atoms with Crippen LogP contribution in [0.25, 0.3) is 10.8 Å². The number of hydrogen-bond acceptors (Lipinski definition) is 2. The molecule has 2 nitrogen and oxygen atoms in total. The van der Waals surface area contributed by atoms with Gasteiger partial charge in [-0.1, -0.05) is 48.5 Å². The van der Waals surface area contributed by atoms with Crippen LogP contribution in [0.15, 0.2) is 66.7 Å². The van der Waals surface area contributed by atoms with Gasteiger partial charge in [-0.3, -0.25) is 0 Å². The molecule has 106 valence electrons. The lowest BCUT2D eigenvalue weighted by molar-refractivity contribution is 0.217. The van der Waals surface area contributed by atoms with Gasteiger partial charge in [-0.2, -0.15) is 0 Å². The highest BCUT2D eigenvalue weighted by atomic mass is 19.1. The van der Waals surface area contributed by atoms with Crippen molar-refractivity contribution >= 4 is 10.8 Å². The van der Waals surface area contributed by atoms with E-state index in [0.29, 0.717) is 6.54 Å². The molecule has 0 aliphatic carbocycles. The van der Waals surface area contributed by atoms with Crippen molar-refractivity contribution in [1.29, 1.82) is 0 Å². The molecule has 0 fully saturated rings. The molecule has 3 rings (SSSR count). The third kappa shape index (κ3) is 2.88. The zero-order chi connectivity index (χ0) is 14.7. The van der Waals surface area contributed by atoms with Crippen LogP contribution in [0.5, 0.6) is 5.75 Å². The second kappa shape index (κ2) is 5.94. The first-order chi connectivity index (χ1) is 10.3. The van der Waals surface area contributed by atoms with Crippen LogP contribution in [0.3, 0.4) is 0 Å². The van der Waals surface area contributed by atoms with Crippen LogP contribution < -0.4 is 10.5 Å². The fraction of sp³-hybridized carbons (Fsp3) is 0.111. The maximum absolute atomic E-state index is 13.0. The Morgan fingerprint density at radius 2 is 1.62 bits per heavy atom. The molecule has 0 heterocycles.